The molecule has 1 fully saturated rings. The Kier molecular flexibility index (Phi) is 3.85. The highest BCUT2D eigenvalue weighted by Crippen LogP contribution is 2.16. The van der Waals surface area contributed by atoms with Crippen LogP contribution in [0.15, 0.2) is 24.3 Å². The summed E-state index contributed by atoms with van der Waals surface area (Å²) in [6, 6.07) is 6.12. The van der Waals surface area contributed by atoms with E-state index in [0.717, 1.165) is 0 Å². The summed E-state index contributed by atoms with van der Waals surface area (Å²) < 4.78 is 5.48. The summed E-state index contributed by atoms with van der Waals surface area (Å²) >= 11 is 0. The number of carbonyl (C=O) groups is 2. The molecule has 1 aromatic carbocycles. The third kappa shape index (κ3) is 2.93. The molecule has 1 aromatic rings. The number of carboxylic acid groups (broad SMARTS) is 1. The van der Waals surface area contributed by atoms with Gasteiger partial charge in [-0.2, -0.15) is 0 Å². The van der Waals surface area contributed by atoms with E-state index in [0.29, 0.717) is 18.7 Å². The fraction of sp³-hybridized carbons (Fsp3) is 0.429. The number of aromatic carboxylic acids is 1. The first kappa shape index (κ1) is 13.5. The van der Waals surface area contributed by atoms with E-state index in [1.54, 1.807) is 17.0 Å². The number of nitrogens with zero attached hydrogens (tertiary/aromatic N) is 1. The molecule has 1 amide bonds. The lowest BCUT2D eigenvalue weighted by atomic mass is 10.1. The number of hydrogen-bond acceptors (Lipinski definition) is 3. The van der Waals surface area contributed by atoms with Crippen LogP contribution >= 0.6 is 0 Å². The second kappa shape index (κ2) is 5.40. The first-order valence-electron chi connectivity index (χ1n) is 6.25. The monoisotopic (exact) mass is 263 g/mol. The molecule has 0 bridgehead atoms. The fourth-order valence-corrected chi connectivity index (χ4v) is 2.14. The van der Waals surface area contributed by atoms with E-state index in [-0.39, 0.29) is 23.6 Å². The van der Waals surface area contributed by atoms with Gasteiger partial charge in [-0.3, -0.25) is 4.79 Å². The van der Waals surface area contributed by atoms with Crippen molar-refractivity contribution in [1.82, 2.24) is 4.90 Å². The normalized spacial score (nSPS) is 23.2. The Bertz CT molecular complexity index is 500. The molecular weight excluding hydrogens is 246 g/mol. The molecule has 0 aromatic heterocycles. The molecular formula is C14H17NO4. The van der Waals surface area contributed by atoms with Gasteiger partial charge in [0.1, 0.15) is 0 Å². The molecule has 0 saturated carbocycles. The van der Waals surface area contributed by atoms with Gasteiger partial charge in [0.05, 0.1) is 24.3 Å². The maximum atomic E-state index is 12.4. The predicted molar refractivity (Wildman–Crippen MR) is 69.3 cm³/mol. The van der Waals surface area contributed by atoms with Crippen LogP contribution in [0.4, 0.5) is 0 Å². The molecule has 5 heteroatoms. The number of morpholine rings is 1. The number of hydrogen-bond donors (Lipinski definition) is 1. The highest BCUT2D eigenvalue weighted by Gasteiger charge is 2.28. The Labute approximate surface area is 111 Å². The molecule has 0 unspecified atom stereocenters. The van der Waals surface area contributed by atoms with Crippen LogP contribution in [0.1, 0.15) is 34.6 Å². The van der Waals surface area contributed by atoms with Gasteiger partial charge < -0.3 is 14.7 Å². The van der Waals surface area contributed by atoms with E-state index < -0.39 is 5.97 Å². The van der Waals surface area contributed by atoms with Crippen molar-refractivity contribution in [2.75, 3.05) is 13.2 Å². The van der Waals surface area contributed by atoms with Gasteiger partial charge in [-0.1, -0.05) is 6.07 Å². The third-order valence-corrected chi connectivity index (χ3v) is 3.23. The van der Waals surface area contributed by atoms with E-state index in [1.165, 1.54) is 12.1 Å². The average molecular weight is 263 g/mol. The molecule has 1 aliphatic heterocycles. The lowest BCUT2D eigenvalue weighted by molar-refractivity contribution is -0.0387. The molecule has 1 heterocycles. The summed E-state index contributed by atoms with van der Waals surface area (Å²) in [5, 5.41) is 8.95. The van der Waals surface area contributed by atoms with Gasteiger partial charge in [-0.05, 0) is 32.0 Å². The Hall–Kier alpha value is -1.88. The zero-order chi connectivity index (χ0) is 14.0. The molecule has 102 valence electrons. The molecule has 0 spiro atoms. The van der Waals surface area contributed by atoms with Crippen molar-refractivity contribution in [2.45, 2.75) is 26.0 Å². The summed E-state index contributed by atoms with van der Waals surface area (Å²) in [6.45, 7) is 4.87. The molecule has 1 saturated heterocycles. The van der Waals surface area contributed by atoms with Crippen molar-refractivity contribution in [1.29, 1.82) is 0 Å². The van der Waals surface area contributed by atoms with Crippen molar-refractivity contribution < 1.29 is 19.4 Å². The lowest BCUT2D eigenvalue weighted by Crippen LogP contribution is -2.50. The zero-order valence-corrected chi connectivity index (χ0v) is 11.0. The Balaban J connectivity index is 2.23. The summed E-state index contributed by atoms with van der Waals surface area (Å²) in [7, 11) is 0. The number of amides is 1. The van der Waals surface area contributed by atoms with Gasteiger partial charge in [0.2, 0.25) is 0 Å². The van der Waals surface area contributed by atoms with Crippen LogP contribution in [-0.2, 0) is 4.74 Å². The van der Waals surface area contributed by atoms with Crippen molar-refractivity contribution in [3.8, 4) is 0 Å². The lowest BCUT2D eigenvalue weighted by Gasteiger charge is -2.36. The molecule has 19 heavy (non-hydrogen) atoms. The Morgan fingerprint density at radius 2 is 2.00 bits per heavy atom. The standard InChI is InChI=1S/C14H17NO4/c1-9-8-19-10(2)7-15(9)13(16)11-4-3-5-12(6-11)14(17)18/h3-6,9-10H,7-8H2,1-2H3,(H,17,18)/t9-,10+/m1/s1. The van der Waals surface area contributed by atoms with E-state index in [9.17, 15) is 9.59 Å². The summed E-state index contributed by atoms with van der Waals surface area (Å²) in [5.74, 6) is -1.18. The van der Waals surface area contributed by atoms with Gasteiger partial charge in [-0.15, -0.1) is 0 Å². The molecule has 1 N–H and O–H groups in total. The highest BCUT2D eigenvalue weighted by atomic mass is 16.5. The second-order valence-corrected chi connectivity index (χ2v) is 4.84. The van der Waals surface area contributed by atoms with E-state index in [2.05, 4.69) is 0 Å². The van der Waals surface area contributed by atoms with Crippen molar-refractivity contribution in [3.05, 3.63) is 35.4 Å². The minimum atomic E-state index is -1.03. The summed E-state index contributed by atoms with van der Waals surface area (Å²) in [5.41, 5.74) is 0.528. The maximum absolute atomic E-state index is 12.4. The van der Waals surface area contributed by atoms with E-state index in [4.69, 9.17) is 9.84 Å². The molecule has 5 nitrogen and oxygen atoms in total. The molecule has 1 aliphatic rings. The average Bonchev–Trinajstić information content (AvgIpc) is 2.41. The van der Waals surface area contributed by atoms with Gasteiger partial charge in [0.15, 0.2) is 0 Å². The molecule has 2 atom stereocenters. The molecule has 2 rings (SSSR count). The smallest absolute Gasteiger partial charge is 0.335 e. The number of carbonyl (C=O) groups excluding carboxylic acids is 1. The maximum Gasteiger partial charge on any atom is 0.335 e. The third-order valence-electron chi connectivity index (χ3n) is 3.23. The van der Waals surface area contributed by atoms with Crippen LogP contribution in [-0.4, -0.2) is 47.2 Å². The summed E-state index contributed by atoms with van der Waals surface area (Å²) in [4.78, 5) is 25.1. The van der Waals surface area contributed by atoms with Gasteiger partial charge in [0.25, 0.3) is 5.91 Å². The minimum Gasteiger partial charge on any atom is -0.478 e. The SMILES string of the molecule is C[C@@H]1CO[C@@H](C)CN1C(=O)c1cccc(C(=O)O)c1. The number of ether oxygens (including phenoxy) is 1. The van der Waals surface area contributed by atoms with Crippen LogP contribution in [0.25, 0.3) is 0 Å². The van der Waals surface area contributed by atoms with Crippen molar-refractivity contribution in [2.24, 2.45) is 0 Å². The number of carboxylic acids is 1. The van der Waals surface area contributed by atoms with E-state index in [1.807, 2.05) is 13.8 Å². The van der Waals surface area contributed by atoms with E-state index >= 15 is 0 Å². The van der Waals surface area contributed by atoms with Crippen LogP contribution in [0.5, 0.6) is 0 Å². The topological polar surface area (TPSA) is 66.8 Å². The first-order chi connectivity index (χ1) is 8.99. The largest absolute Gasteiger partial charge is 0.478 e. The minimum absolute atomic E-state index is 0.00260. The molecule has 0 radical (unpaired) electrons. The number of benzene rings is 1. The Morgan fingerprint density at radius 1 is 1.32 bits per heavy atom. The van der Waals surface area contributed by atoms with Crippen molar-refractivity contribution >= 4 is 11.9 Å². The quantitative estimate of drug-likeness (QED) is 0.880. The Morgan fingerprint density at radius 3 is 2.68 bits per heavy atom. The van der Waals surface area contributed by atoms with Crippen LogP contribution < -0.4 is 0 Å². The fourth-order valence-electron chi connectivity index (χ4n) is 2.14. The first-order valence-corrected chi connectivity index (χ1v) is 6.25. The second-order valence-electron chi connectivity index (χ2n) is 4.84. The van der Waals surface area contributed by atoms with Crippen LogP contribution in [0.2, 0.25) is 0 Å². The van der Waals surface area contributed by atoms with Crippen LogP contribution in [0.3, 0.4) is 0 Å². The van der Waals surface area contributed by atoms with Crippen LogP contribution in [0, 0.1) is 0 Å². The highest BCUT2D eigenvalue weighted by molar-refractivity contribution is 5.97. The molecule has 0 aliphatic carbocycles. The predicted octanol–water partition coefficient (Wildman–Crippen LogP) is 1.63. The van der Waals surface area contributed by atoms with Gasteiger partial charge in [-0.25, -0.2) is 4.79 Å². The number of rotatable bonds is 2. The zero-order valence-electron chi connectivity index (χ0n) is 11.0. The summed E-state index contributed by atoms with van der Waals surface area (Å²) in [6.07, 6.45) is 0.00260. The van der Waals surface area contributed by atoms with Crippen molar-refractivity contribution in [3.63, 3.8) is 0 Å². The van der Waals surface area contributed by atoms with Gasteiger partial charge >= 0.3 is 5.97 Å². The van der Waals surface area contributed by atoms with Gasteiger partial charge in [0, 0.05) is 12.1 Å².